The molecule has 0 fully saturated rings. The van der Waals surface area contributed by atoms with E-state index in [4.69, 9.17) is 5.73 Å². The number of aryl methyl sites for hydroxylation is 2. The molecule has 2 aromatic carbocycles. The molecule has 92 valence electrons. The van der Waals surface area contributed by atoms with Gasteiger partial charge in [-0.3, -0.25) is 0 Å². The van der Waals surface area contributed by atoms with Gasteiger partial charge in [-0.15, -0.1) is 12.6 Å². The van der Waals surface area contributed by atoms with Crippen molar-refractivity contribution in [2.24, 2.45) is 5.73 Å². The van der Waals surface area contributed by atoms with Crippen molar-refractivity contribution in [3.05, 3.63) is 64.2 Å². The van der Waals surface area contributed by atoms with Gasteiger partial charge in [0.25, 0.3) is 0 Å². The van der Waals surface area contributed by atoms with Gasteiger partial charge in [-0.25, -0.2) is 0 Å². The second-order valence-electron chi connectivity index (χ2n) is 4.98. The largest absolute Gasteiger partial charge is 0.320 e. The molecule has 2 N–H and O–H groups in total. The molecule has 3 rings (SSSR count). The van der Waals surface area contributed by atoms with Crippen LogP contribution in [0.15, 0.2) is 41.3 Å². The average molecular weight is 255 g/mol. The Morgan fingerprint density at radius 2 is 1.83 bits per heavy atom. The number of hydrogen-bond acceptors (Lipinski definition) is 2. The molecule has 0 saturated carbocycles. The second-order valence-corrected chi connectivity index (χ2v) is 5.42. The quantitative estimate of drug-likeness (QED) is 0.693. The molecule has 0 radical (unpaired) electrons. The maximum Gasteiger partial charge on any atom is 0.0557 e. The molecule has 0 heterocycles. The second kappa shape index (κ2) is 4.45. The molecule has 1 aliphatic carbocycles. The summed E-state index contributed by atoms with van der Waals surface area (Å²) in [6.45, 7) is 2.10. The highest BCUT2D eigenvalue weighted by Gasteiger charge is 2.21. The third-order valence-electron chi connectivity index (χ3n) is 3.89. The van der Waals surface area contributed by atoms with E-state index in [9.17, 15) is 0 Å². The number of thiol groups is 1. The van der Waals surface area contributed by atoms with Crippen LogP contribution < -0.4 is 5.73 Å². The first-order valence-electron chi connectivity index (χ1n) is 6.33. The third-order valence-corrected chi connectivity index (χ3v) is 4.51. The lowest BCUT2D eigenvalue weighted by Gasteiger charge is -2.17. The number of benzene rings is 2. The van der Waals surface area contributed by atoms with Gasteiger partial charge in [0.15, 0.2) is 0 Å². The van der Waals surface area contributed by atoms with E-state index in [2.05, 4.69) is 56.0 Å². The van der Waals surface area contributed by atoms with Crippen LogP contribution in [0.1, 0.15) is 33.9 Å². The molecular formula is C16H17NS. The normalized spacial score (nSPS) is 17.8. The molecule has 18 heavy (non-hydrogen) atoms. The van der Waals surface area contributed by atoms with Gasteiger partial charge in [0.1, 0.15) is 0 Å². The van der Waals surface area contributed by atoms with E-state index in [1.165, 1.54) is 27.8 Å². The van der Waals surface area contributed by atoms with E-state index in [1.807, 2.05) is 0 Å². The molecule has 0 spiro atoms. The Bertz CT molecular complexity index is 604. The van der Waals surface area contributed by atoms with Crippen molar-refractivity contribution in [2.45, 2.75) is 30.7 Å². The van der Waals surface area contributed by atoms with E-state index in [1.54, 1.807) is 0 Å². The van der Waals surface area contributed by atoms with Gasteiger partial charge in [-0.05, 0) is 47.6 Å². The Hall–Kier alpha value is -1.25. The topological polar surface area (TPSA) is 26.0 Å². The summed E-state index contributed by atoms with van der Waals surface area (Å²) in [4.78, 5) is 1.11. The smallest absolute Gasteiger partial charge is 0.0557 e. The molecule has 2 heteroatoms. The van der Waals surface area contributed by atoms with Crippen molar-refractivity contribution in [3.63, 3.8) is 0 Å². The molecule has 1 unspecified atom stereocenters. The molecular weight excluding hydrogens is 238 g/mol. The lowest BCUT2D eigenvalue weighted by atomic mass is 9.94. The standard InChI is InChI=1S/C16H17NS/c1-10-6-8-13-14(16(10)18)9-7-11-4-2-3-5-12(11)15(13)17/h2-6,8,15,18H,7,9,17H2,1H3. The molecule has 1 aliphatic rings. The number of hydrogen-bond donors (Lipinski definition) is 2. The molecule has 1 nitrogen and oxygen atoms in total. The Morgan fingerprint density at radius 3 is 2.67 bits per heavy atom. The van der Waals surface area contributed by atoms with Crippen molar-refractivity contribution in [1.82, 2.24) is 0 Å². The summed E-state index contributed by atoms with van der Waals surface area (Å²) in [5.74, 6) is 0. The van der Waals surface area contributed by atoms with Crippen LogP contribution in [0.2, 0.25) is 0 Å². The SMILES string of the molecule is Cc1ccc2c(c1S)CCc1ccccc1C2N. The lowest BCUT2D eigenvalue weighted by Crippen LogP contribution is -2.14. The summed E-state index contributed by atoms with van der Waals surface area (Å²) < 4.78 is 0. The summed E-state index contributed by atoms with van der Waals surface area (Å²) in [5, 5.41) is 0. The average Bonchev–Trinajstić information content (AvgIpc) is 2.53. The molecule has 1 atom stereocenters. The fourth-order valence-electron chi connectivity index (χ4n) is 2.82. The Kier molecular flexibility index (Phi) is 2.92. The number of fused-ring (bicyclic) bond motifs is 2. The van der Waals surface area contributed by atoms with Gasteiger partial charge in [0.05, 0.1) is 6.04 Å². The summed E-state index contributed by atoms with van der Waals surface area (Å²) in [5.41, 5.74) is 12.9. The minimum absolute atomic E-state index is 0.0230. The van der Waals surface area contributed by atoms with Gasteiger partial charge in [0, 0.05) is 4.90 Å². The lowest BCUT2D eigenvalue weighted by molar-refractivity contribution is 0.855. The van der Waals surface area contributed by atoms with Gasteiger partial charge in [-0.2, -0.15) is 0 Å². The maximum absolute atomic E-state index is 6.44. The van der Waals surface area contributed by atoms with Gasteiger partial charge in [-0.1, -0.05) is 36.4 Å². The van der Waals surface area contributed by atoms with Crippen LogP contribution in [-0.4, -0.2) is 0 Å². The minimum Gasteiger partial charge on any atom is -0.320 e. The van der Waals surface area contributed by atoms with E-state index in [0.29, 0.717) is 0 Å². The van der Waals surface area contributed by atoms with Crippen LogP contribution in [0.5, 0.6) is 0 Å². The predicted octanol–water partition coefficient (Wildman–Crippen LogP) is 3.43. The number of nitrogens with two attached hydrogens (primary N) is 1. The van der Waals surface area contributed by atoms with Crippen LogP contribution >= 0.6 is 12.6 Å². The van der Waals surface area contributed by atoms with Crippen LogP contribution in [0.4, 0.5) is 0 Å². The predicted molar refractivity (Wildman–Crippen MR) is 78.3 cm³/mol. The molecule has 0 aromatic heterocycles. The summed E-state index contributed by atoms with van der Waals surface area (Å²) in [7, 11) is 0. The van der Waals surface area contributed by atoms with Gasteiger partial charge < -0.3 is 5.73 Å². The Balaban J connectivity index is 2.21. The van der Waals surface area contributed by atoms with E-state index in [0.717, 1.165) is 17.7 Å². The van der Waals surface area contributed by atoms with Crippen molar-refractivity contribution >= 4 is 12.6 Å². The maximum atomic E-state index is 6.44. The van der Waals surface area contributed by atoms with Crippen molar-refractivity contribution in [2.75, 3.05) is 0 Å². The summed E-state index contributed by atoms with van der Waals surface area (Å²) in [6, 6.07) is 12.8. The van der Waals surface area contributed by atoms with Crippen LogP contribution in [-0.2, 0) is 12.8 Å². The minimum atomic E-state index is -0.0230. The van der Waals surface area contributed by atoms with E-state index in [-0.39, 0.29) is 6.04 Å². The van der Waals surface area contributed by atoms with E-state index >= 15 is 0 Å². The zero-order valence-electron chi connectivity index (χ0n) is 10.5. The Morgan fingerprint density at radius 1 is 1.06 bits per heavy atom. The molecule has 0 amide bonds. The van der Waals surface area contributed by atoms with Crippen molar-refractivity contribution in [1.29, 1.82) is 0 Å². The van der Waals surface area contributed by atoms with Crippen LogP contribution in [0.3, 0.4) is 0 Å². The highest BCUT2D eigenvalue weighted by molar-refractivity contribution is 7.80. The highest BCUT2D eigenvalue weighted by atomic mass is 32.1. The third kappa shape index (κ3) is 1.76. The fraction of sp³-hybridized carbons (Fsp3) is 0.250. The number of rotatable bonds is 0. The van der Waals surface area contributed by atoms with Crippen molar-refractivity contribution < 1.29 is 0 Å². The molecule has 0 bridgehead atoms. The summed E-state index contributed by atoms with van der Waals surface area (Å²) in [6.07, 6.45) is 2.08. The molecule has 0 aliphatic heterocycles. The van der Waals surface area contributed by atoms with Crippen LogP contribution in [0, 0.1) is 6.92 Å². The Labute approximate surface area is 113 Å². The van der Waals surface area contributed by atoms with Gasteiger partial charge in [0.2, 0.25) is 0 Å². The van der Waals surface area contributed by atoms with Crippen molar-refractivity contribution in [3.8, 4) is 0 Å². The molecule has 2 aromatic rings. The first-order chi connectivity index (χ1) is 8.68. The highest BCUT2D eigenvalue weighted by Crippen LogP contribution is 2.34. The van der Waals surface area contributed by atoms with E-state index < -0.39 is 0 Å². The molecule has 0 saturated heterocycles. The van der Waals surface area contributed by atoms with Gasteiger partial charge >= 0.3 is 0 Å². The summed E-state index contributed by atoms with van der Waals surface area (Å²) >= 11 is 4.66. The first kappa shape index (κ1) is 11.8. The fourth-order valence-corrected chi connectivity index (χ4v) is 3.13. The van der Waals surface area contributed by atoms with Crippen LogP contribution in [0.25, 0.3) is 0 Å². The zero-order valence-corrected chi connectivity index (χ0v) is 11.4. The first-order valence-corrected chi connectivity index (χ1v) is 6.78. The monoisotopic (exact) mass is 255 g/mol. The zero-order chi connectivity index (χ0) is 12.7.